The van der Waals surface area contributed by atoms with E-state index >= 15 is 0 Å². The van der Waals surface area contributed by atoms with E-state index < -0.39 is 0 Å². The minimum atomic E-state index is -0.104. The number of nitrogens with zero attached hydrogens (tertiary/aromatic N) is 1. The van der Waals surface area contributed by atoms with Crippen LogP contribution in [-0.2, 0) is 0 Å². The van der Waals surface area contributed by atoms with E-state index in [1.54, 1.807) is 0 Å². The van der Waals surface area contributed by atoms with Crippen molar-refractivity contribution < 1.29 is 5.11 Å². The number of aliphatic hydroxyl groups excluding tert-OH is 1. The van der Waals surface area contributed by atoms with Gasteiger partial charge in [0.05, 0.1) is 6.10 Å². The summed E-state index contributed by atoms with van der Waals surface area (Å²) in [6.07, 6.45) is 4.94. The molecule has 0 aromatic carbocycles. The van der Waals surface area contributed by atoms with Crippen LogP contribution in [0.4, 0.5) is 0 Å². The Bertz CT molecular complexity index is 318. The van der Waals surface area contributed by atoms with Gasteiger partial charge in [0.15, 0.2) is 5.96 Å². The number of nitrogens with one attached hydrogen (secondary N) is 2. The highest BCUT2D eigenvalue weighted by Gasteiger charge is 2.22. The van der Waals surface area contributed by atoms with Gasteiger partial charge in [-0.3, -0.25) is 4.99 Å². The number of hydrogen-bond donors (Lipinski definition) is 3. The molecule has 1 aliphatic carbocycles. The van der Waals surface area contributed by atoms with Crippen LogP contribution < -0.4 is 10.6 Å². The quantitative estimate of drug-likeness (QED) is 0.522. The van der Waals surface area contributed by atoms with Gasteiger partial charge in [-0.15, -0.1) is 0 Å². The summed E-state index contributed by atoms with van der Waals surface area (Å²) in [4.78, 5) is 4.78. The van der Waals surface area contributed by atoms with Crippen molar-refractivity contribution in [3.8, 4) is 0 Å². The second kappa shape index (κ2) is 8.62. The summed E-state index contributed by atoms with van der Waals surface area (Å²) in [5.41, 5.74) is 0.235. The fourth-order valence-electron chi connectivity index (χ4n) is 3.20. The number of aliphatic imine (C=N–C) groups is 1. The predicted molar refractivity (Wildman–Crippen MR) is 90.6 cm³/mol. The van der Waals surface area contributed by atoms with Crippen molar-refractivity contribution in [2.75, 3.05) is 13.1 Å². The van der Waals surface area contributed by atoms with E-state index in [0.29, 0.717) is 12.0 Å². The number of guanidine groups is 1. The Hall–Kier alpha value is -0.770. The van der Waals surface area contributed by atoms with Gasteiger partial charge in [-0.05, 0) is 50.4 Å². The van der Waals surface area contributed by atoms with E-state index in [1.165, 1.54) is 6.42 Å². The van der Waals surface area contributed by atoms with Crippen LogP contribution in [0.15, 0.2) is 4.99 Å². The molecule has 1 saturated carbocycles. The fraction of sp³-hybridized carbons (Fsp3) is 0.941. The molecule has 0 amide bonds. The van der Waals surface area contributed by atoms with Crippen LogP contribution in [-0.4, -0.2) is 36.3 Å². The molecule has 0 bridgehead atoms. The predicted octanol–water partition coefficient (Wildman–Crippen LogP) is 2.92. The first-order valence-electron chi connectivity index (χ1n) is 8.55. The van der Waals surface area contributed by atoms with Gasteiger partial charge in [-0.25, -0.2) is 0 Å². The lowest BCUT2D eigenvalue weighted by molar-refractivity contribution is 0.120. The van der Waals surface area contributed by atoms with Crippen molar-refractivity contribution in [3.63, 3.8) is 0 Å². The van der Waals surface area contributed by atoms with Crippen LogP contribution in [0.25, 0.3) is 0 Å². The third-order valence-corrected chi connectivity index (χ3v) is 4.01. The Morgan fingerprint density at radius 2 is 1.86 bits per heavy atom. The van der Waals surface area contributed by atoms with Gasteiger partial charge in [0.1, 0.15) is 0 Å². The number of rotatable bonds is 6. The average molecular weight is 297 g/mol. The first-order chi connectivity index (χ1) is 9.82. The van der Waals surface area contributed by atoms with Crippen molar-refractivity contribution in [1.82, 2.24) is 10.6 Å². The summed E-state index contributed by atoms with van der Waals surface area (Å²) in [6, 6.07) is 0.444. The molecular weight excluding hydrogens is 262 g/mol. The highest BCUT2D eigenvalue weighted by Crippen LogP contribution is 2.25. The monoisotopic (exact) mass is 297 g/mol. The van der Waals surface area contributed by atoms with Crippen LogP contribution in [0.2, 0.25) is 0 Å². The summed E-state index contributed by atoms with van der Waals surface area (Å²) < 4.78 is 0. The zero-order valence-corrected chi connectivity index (χ0v) is 14.6. The second-order valence-corrected chi connectivity index (χ2v) is 7.61. The van der Waals surface area contributed by atoms with E-state index in [4.69, 9.17) is 4.99 Å². The van der Waals surface area contributed by atoms with Crippen molar-refractivity contribution in [2.45, 2.75) is 78.9 Å². The normalized spacial score (nSPS) is 24.2. The van der Waals surface area contributed by atoms with E-state index in [-0.39, 0.29) is 11.5 Å². The first kappa shape index (κ1) is 18.3. The highest BCUT2D eigenvalue weighted by atomic mass is 16.3. The van der Waals surface area contributed by atoms with Gasteiger partial charge in [0.25, 0.3) is 0 Å². The van der Waals surface area contributed by atoms with E-state index in [2.05, 4.69) is 45.3 Å². The molecule has 0 aromatic heterocycles. The van der Waals surface area contributed by atoms with Crippen molar-refractivity contribution in [1.29, 1.82) is 0 Å². The molecule has 1 aliphatic rings. The van der Waals surface area contributed by atoms with Crippen LogP contribution >= 0.6 is 0 Å². The molecule has 0 heterocycles. The Labute approximate surface area is 130 Å². The maximum Gasteiger partial charge on any atom is 0.191 e. The number of hydrogen-bond acceptors (Lipinski definition) is 2. The van der Waals surface area contributed by atoms with Crippen LogP contribution in [0.5, 0.6) is 0 Å². The fourth-order valence-corrected chi connectivity index (χ4v) is 3.20. The molecule has 1 fully saturated rings. The molecule has 0 atom stereocenters. The number of aliphatic hydroxyl groups is 1. The van der Waals surface area contributed by atoms with Gasteiger partial charge in [-0.1, -0.05) is 27.7 Å². The van der Waals surface area contributed by atoms with Gasteiger partial charge in [-0.2, -0.15) is 0 Å². The largest absolute Gasteiger partial charge is 0.393 e. The summed E-state index contributed by atoms with van der Waals surface area (Å²) in [5, 5.41) is 16.5. The van der Waals surface area contributed by atoms with Crippen molar-refractivity contribution >= 4 is 5.96 Å². The van der Waals surface area contributed by atoms with Gasteiger partial charge in [0, 0.05) is 19.1 Å². The molecule has 1 rings (SSSR count). The second-order valence-electron chi connectivity index (χ2n) is 7.61. The zero-order chi connectivity index (χ0) is 15.9. The molecule has 4 heteroatoms. The van der Waals surface area contributed by atoms with Crippen molar-refractivity contribution in [3.05, 3.63) is 0 Å². The third kappa shape index (κ3) is 7.70. The Morgan fingerprint density at radius 1 is 1.24 bits per heavy atom. The third-order valence-electron chi connectivity index (χ3n) is 4.01. The molecule has 4 nitrogen and oxygen atoms in total. The summed E-state index contributed by atoms with van der Waals surface area (Å²) in [6.45, 7) is 12.9. The minimum Gasteiger partial charge on any atom is -0.393 e. The van der Waals surface area contributed by atoms with Crippen LogP contribution in [0.3, 0.4) is 0 Å². The molecule has 0 saturated heterocycles. The molecule has 0 aromatic rings. The molecule has 0 unspecified atom stereocenters. The summed E-state index contributed by atoms with van der Waals surface area (Å²) in [5.74, 6) is 1.63. The topological polar surface area (TPSA) is 56.7 Å². The molecule has 124 valence electrons. The lowest BCUT2D eigenvalue weighted by atomic mass is 9.84. The molecule has 3 N–H and O–H groups in total. The van der Waals surface area contributed by atoms with E-state index in [9.17, 15) is 5.11 Å². The van der Waals surface area contributed by atoms with Gasteiger partial charge < -0.3 is 15.7 Å². The summed E-state index contributed by atoms with van der Waals surface area (Å²) >= 11 is 0. The summed E-state index contributed by atoms with van der Waals surface area (Å²) in [7, 11) is 0. The maximum absolute atomic E-state index is 9.58. The van der Waals surface area contributed by atoms with Crippen LogP contribution in [0.1, 0.15) is 66.7 Å². The van der Waals surface area contributed by atoms with E-state index in [1.807, 2.05) is 0 Å². The molecule has 21 heavy (non-hydrogen) atoms. The molecule has 0 spiro atoms. The maximum atomic E-state index is 9.58. The molecule has 0 radical (unpaired) electrons. The first-order valence-corrected chi connectivity index (χ1v) is 8.55. The Morgan fingerprint density at radius 3 is 2.38 bits per heavy atom. The highest BCUT2D eigenvalue weighted by molar-refractivity contribution is 5.80. The van der Waals surface area contributed by atoms with E-state index in [0.717, 1.165) is 44.7 Å². The zero-order valence-electron chi connectivity index (χ0n) is 14.6. The lowest BCUT2D eigenvalue weighted by Gasteiger charge is -2.29. The average Bonchev–Trinajstić information content (AvgIpc) is 2.37. The molecular formula is C17H35N3O. The standard InChI is InChI=1S/C17H35N3O/c1-6-18-16(19-12-17(4,5)11-13(2)3)20-14-7-9-15(21)10-8-14/h13-15,21H,6-12H2,1-5H3,(H2,18,19,20). The lowest BCUT2D eigenvalue weighted by Crippen LogP contribution is -2.45. The van der Waals surface area contributed by atoms with Gasteiger partial charge in [0.2, 0.25) is 0 Å². The Balaban J connectivity index is 2.53. The Kier molecular flexibility index (Phi) is 7.50. The van der Waals surface area contributed by atoms with Crippen LogP contribution in [0, 0.1) is 11.3 Å². The smallest absolute Gasteiger partial charge is 0.191 e. The van der Waals surface area contributed by atoms with Gasteiger partial charge >= 0.3 is 0 Å². The molecule has 0 aliphatic heterocycles. The minimum absolute atomic E-state index is 0.104. The SMILES string of the molecule is CCNC(=NCC(C)(C)CC(C)C)NC1CCC(O)CC1. The van der Waals surface area contributed by atoms with Crippen molar-refractivity contribution in [2.24, 2.45) is 16.3 Å².